The SMILES string of the molecule is Cl.Nc1ccc(Oc2cccc(CC(=O)O)c2)cc1F. The molecule has 3 N–H and O–H groups in total. The Morgan fingerprint density at radius 3 is 2.55 bits per heavy atom. The monoisotopic (exact) mass is 297 g/mol. The second-order valence-electron chi connectivity index (χ2n) is 4.00. The third-order valence-electron chi connectivity index (χ3n) is 2.46. The Hall–Kier alpha value is -2.27. The fraction of sp³-hybridized carbons (Fsp3) is 0.0714. The van der Waals surface area contributed by atoms with Crippen molar-refractivity contribution in [3.05, 3.63) is 53.8 Å². The van der Waals surface area contributed by atoms with Crippen LogP contribution < -0.4 is 10.5 Å². The molecular formula is C14H13ClFNO3. The maximum atomic E-state index is 13.3. The van der Waals surface area contributed by atoms with Gasteiger partial charge in [-0.05, 0) is 29.8 Å². The summed E-state index contributed by atoms with van der Waals surface area (Å²) in [5.74, 6) is -0.725. The van der Waals surface area contributed by atoms with E-state index in [1.165, 1.54) is 12.1 Å². The van der Waals surface area contributed by atoms with Crippen molar-refractivity contribution in [1.82, 2.24) is 0 Å². The van der Waals surface area contributed by atoms with E-state index < -0.39 is 11.8 Å². The topological polar surface area (TPSA) is 72.5 Å². The predicted octanol–water partition coefficient (Wildman–Crippen LogP) is 3.25. The largest absolute Gasteiger partial charge is 0.481 e. The highest BCUT2D eigenvalue weighted by atomic mass is 35.5. The van der Waals surface area contributed by atoms with Gasteiger partial charge in [-0.1, -0.05) is 12.1 Å². The fourth-order valence-corrected chi connectivity index (χ4v) is 1.60. The van der Waals surface area contributed by atoms with Gasteiger partial charge in [0.25, 0.3) is 0 Å². The molecule has 0 bridgehead atoms. The Morgan fingerprint density at radius 1 is 1.20 bits per heavy atom. The van der Waals surface area contributed by atoms with Crippen LogP contribution in [0.1, 0.15) is 5.56 Å². The standard InChI is InChI=1S/C14H12FNO3.ClH/c15-12-8-11(4-5-13(12)16)19-10-3-1-2-9(6-10)7-14(17)18;/h1-6,8H,7,16H2,(H,17,18);1H. The summed E-state index contributed by atoms with van der Waals surface area (Å²) in [5.41, 5.74) is 6.03. The van der Waals surface area contributed by atoms with Crippen LogP contribution in [0.15, 0.2) is 42.5 Å². The molecule has 0 aliphatic carbocycles. The lowest BCUT2D eigenvalue weighted by Gasteiger charge is -2.07. The van der Waals surface area contributed by atoms with Gasteiger partial charge in [0, 0.05) is 6.07 Å². The van der Waals surface area contributed by atoms with Crippen LogP contribution in [0, 0.1) is 5.82 Å². The molecule has 0 aromatic heterocycles. The van der Waals surface area contributed by atoms with Crippen molar-refractivity contribution < 1.29 is 19.0 Å². The lowest BCUT2D eigenvalue weighted by molar-refractivity contribution is -0.136. The van der Waals surface area contributed by atoms with Crippen LogP contribution in [0.3, 0.4) is 0 Å². The van der Waals surface area contributed by atoms with Crippen LogP contribution in [0.4, 0.5) is 10.1 Å². The number of nitrogens with two attached hydrogens (primary N) is 1. The fourth-order valence-electron chi connectivity index (χ4n) is 1.60. The maximum Gasteiger partial charge on any atom is 0.307 e. The Labute approximate surface area is 121 Å². The minimum absolute atomic E-state index is 0. The normalized spacial score (nSPS) is 9.65. The molecule has 0 radical (unpaired) electrons. The van der Waals surface area contributed by atoms with Crippen molar-refractivity contribution in [3.8, 4) is 11.5 Å². The second-order valence-corrected chi connectivity index (χ2v) is 4.00. The smallest absolute Gasteiger partial charge is 0.307 e. The first-order chi connectivity index (χ1) is 9.04. The summed E-state index contributed by atoms with van der Waals surface area (Å²) >= 11 is 0. The van der Waals surface area contributed by atoms with Gasteiger partial charge >= 0.3 is 5.97 Å². The molecule has 2 rings (SSSR count). The van der Waals surface area contributed by atoms with Gasteiger partial charge in [-0.2, -0.15) is 0 Å². The maximum absolute atomic E-state index is 13.3. The van der Waals surface area contributed by atoms with Crippen molar-refractivity contribution in [2.45, 2.75) is 6.42 Å². The van der Waals surface area contributed by atoms with E-state index in [0.717, 1.165) is 0 Å². The molecule has 0 fully saturated rings. The highest BCUT2D eigenvalue weighted by Crippen LogP contribution is 2.25. The van der Waals surface area contributed by atoms with E-state index >= 15 is 0 Å². The molecular weight excluding hydrogens is 285 g/mol. The van der Waals surface area contributed by atoms with Crippen LogP contribution in [0.5, 0.6) is 11.5 Å². The van der Waals surface area contributed by atoms with Gasteiger partial charge in [-0.15, -0.1) is 12.4 Å². The molecule has 6 heteroatoms. The molecule has 2 aromatic carbocycles. The molecule has 0 heterocycles. The number of aliphatic carboxylic acids is 1. The van der Waals surface area contributed by atoms with Crippen LogP contribution in [0.25, 0.3) is 0 Å². The summed E-state index contributed by atoms with van der Waals surface area (Å²) in [7, 11) is 0. The van der Waals surface area contributed by atoms with E-state index in [0.29, 0.717) is 17.1 Å². The van der Waals surface area contributed by atoms with Gasteiger partial charge in [-0.25, -0.2) is 4.39 Å². The van der Waals surface area contributed by atoms with Crippen LogP contribution in [-0.2, 0) is 11.2 Å². The lowest BCUT2D eigenvalue weighted by atomic mass is 10.1. The zero-order valence-electron chi connectivity index (χ0n) is 10.4. The third-order valence-corrected chi connectivity index (χ3v) is 2.46. The number of anilines is 1. The minimum Gasteiger partial charge on any atom is -0.481 e. The van der Waals surface area contributed by atoms with Gasteiger partial charge in [0.05, 0.1) is 12.1 Å². The summed E-state index contributed by atoms with van der Waals surface area (Å²) in [6.45, 7) is 0. The number of carboxylic acid groups (broad SMARTS) is 1. The van der Waals surface area contributed by atoms with Crippen molar-refractivity contribution >= 4 is 24.1 Å². The minimum atomic E-state index is -0.921. The second kappa shape index (κ2) is 6.77. The average molecular weight is 298 g/mol. The highest BCUT2D eigenvalue weighted by molar-refractivity contribution is 5.85. The molecule has 0 unspecified atom stereocenters. The molecule has 0 spiro atoms. The summed E-state index contributed by atoms with van der Waals surface area (Å²) in [6.07, 6.45) is -0.0900. The number of halogens is 2. The van der Waals surface area contributed by atoms with Crippen molar-refractivity contribution in [2.75, 3.05) is 5.73 Å². The van der Waals surface area contributed by atoms with Gasteiger partial charge < -0.3 is 15.6 Å². The number of carboxylic acids is 1. The average Bonchev–Trinajstić information content (AvgIpc) is 2.33. The van der Waals surface area contributed by atoms with Crippen LogP contribution >= 0.6 is 12.4 Å². The molecule has 20 heavy (non-hydrogen) atoms. The van der Waals surface area contributed by atoms with E-state index in [4.69, 9.17) is 15.6 Å². The number of nitrogen functional groups attached to an aromatic ring is 1. The molecule has 0 aliphatic heterocycles. The van der Waals surface area contributed by atoms with E-state index in [-0.39, 0.29) is 24.5 Å². The molecule has 4 nitrogen and oxygen atoms in total. The molecule has 0 atom stereocenters. The zero-order valence-corrected chi connectivity index (χ0v) is 11.2. The number of carbonyl (C=O) groups is 1. The van der Waals surface area contributed by atoms with E-state index in [2.05, 4.69) is 0 Å². The number of hydrogen-bond donors (Lipinski definition) is 2. The molecule has 2 aromatic rings. The van der Waals surface area contributed by atoms with Gasteiger partial charge in [-0.3, -0.25) is 4.79 Å². The van der Waals surface area contributed by atoms with Crippen molar-refractivity contribution in [2.24, 2.45) is 0 Å². The Bertz CT molecular complexity index is 619. The number of ether oxygens (including phenoxy) is 1. The number of rotatable bonds is 4. The Morgan fingerprint density at radius 2 is 1.90 bits per heavy atom. The summed E-state index contributed by atoms with van der Waals surface area (Å²) in [5, 5.41) is 8.71. The van der Waals surface area contributed by atoms with Crippen LogP contribution in [-0.4, -0.2) is 11.1 Å². The number of benzene rings is 2. The van der Waals surface area contributed by atoms with Crippen LogP contribution in [0.2, 0.25) is 0 Å². The lowest BCUT2D eigenvalue weighted by Crippen LogP contribution is -1.99. The summed E-state index contributed by atoms with van der Waals surface area (Å²) in [4.78, 5) is 10.6. The van der Waals surface area contributed by atoms with Crippen molar-refractivity contribution in [1.29, 1.82) is 0 Å². The van der Waals surface area contributed by atoms with Crippen molar-refractivity contribution in [3.63, 3.8) is 0 Å². The molecule has 0 amide bonds. The summed E-state index contributed by atoms with van der Waals surface area (Å²) in [6, 6.07) is 10.8. The van der Waals surface area contributed by atoms with Gasteiger partial charge in [0.1, 0.15) is 17.3 Å². The zero-order chi connectivity index (χ0) is 13.8. The first kappa shape index (κ1) is 15.8. The molecule has 106 valence electrons. The third kappa shape index (κ3) is 4.13. The van der Waals surface area contributed by atoms with Gasteiger partial charge in [0.2, 0.25) is 0 Å². The number of hydrogen-bond acceptors (Lipinski definition) is 3. The predicted molar refractivity (Wildman–Crippen MR) is 75.9 cm³/mol. The van der Waals surface area contributed by atoms with Gasteiger partial charge in [0.15, 0.2) is 0 Å². The first-order valence-electron chi connectivity index (χ1n) is 5.58. The Kier molecular flexibility index (Phi) is 5.34. The molecule has 0 saturated heterocycles. The molecule has 0 saturated carbocycles. The highest BCUT2D eigenvalue weighted by Gasteiger charge is 2.05. The first-order valence-corrected chi connectivity index (χ1v) is 5.58. The van der Waals surface area contributed by atoms with E-state index in [9.17, 15) is 9.18 Å². The van der Waals surface area contributed by atoms with E-state index in [1.807, 2.05) is 0 Å². The molecule has 0 aliphatic rings. The van der Waals surface area contributed by atoms with E-state index in [1.54, 1.807) is 30.3 Å². The summed E-state index contributed by atoms with van der Waals surface area (Å²) < 4.78 is 18.7. The Balaban J connectivity index is 0.00000200. The quantitative estimate of drug-likeness (QED) is 0.850.